The summed E-state index contributed by atoms with van der Waals surface area (Å²) in [4.78, 5) is 9.34. The number of nitrogens with zero attached hydrogens (tertiary/aromatic N) is 3. The first kappa shape index (κ1) is 21.7. The summed E-state index contributed by atoms with van der Waals surface area (Å²) in [5.74, 6) is 0.951. The third kappa shape index (κ3) is 7.27. The molecule has 0 bridgehead atoms. The molecule has 1 aliphatic heterocycles. The highest BCUT2D eigenvalue weighted by atomic mass is 127. The molecule has 2 fully saturated rings. The van der Waals surface area contributed by atoms with Gasteiger partial charge in [0.2, 0.25) is 0 Å². The predicted octanol–water partition coefficient (Wildman–Crippen LogP) is 2.29. The van der Waals surface area contributed by atoms with E-state index in [0.29, 0.717) is 6.04 Å². The SMILES string of the molecule is C=CCN1CCC(NC(=NC)NCCN(C)C2CCCC2)CC1.I. The zero-order valence-electron chi connectivity index (χ0n) is 15.5. The van der Waals surface area contributed by atoms with Gasteiger partial charge in [0.25, 0.3) is 0 Å². The van der Waals surface area contributed by atoms with Crippen molar-refractivity contribution in [2.45, 2.75) is 50.6 Å². The predicted molar refractivity (Wildman–Crippen MR) is 114 cm³/mol. The molecule has 140 valence electrons. The number of likely N-dealkylation sites (N-methyl/N-ethyl adjacent to an activating group) is 1. The fourth-order valence-electron chi connectivity index (χ4n) is 3.71. The van der Waals surface area contributed by atoms with Gasteiger partial charge in [-0.3, -0.25) is 9.89 Å². The molecule has 1 aliphatic carbocycles. The van der Waals surface area contributed by atoms with E-state index in [1.54, 1.807) is 0 Å². The van der Waals surface area contributed by atoms with E-state index in [9.17, 15) is 0 Å². The Morgan fingerprint density at radius 2 is 1.92 bits per heavy atom. The van der Waals surface area contributed by atoms with E-state index in [-0.39, 0.29) is 24.0 Å². The Kier molecular flexibility index (Phi) is 10.9. The first-order valence-corrected chi connectivity index (χ1v) is 9.23. The monoisotopic (exact) mass is 449 g/mol. The number of aliphatic imine (C=N–C) groups is 1. The Labute approximate surface area is 165 Å². The molecule has 1 saturated carbocycles. The van der Waals surface area contributed by atoms with Gasteiger partial charge in [0.1, 0.15) is 0 Å². The highest BCUT2D eigenvalue weighted by molar-refractivity contribution is 14.0. The minimum Gasteiger partial charge on any atom is -0.355 e. The van der Waals surface area contributed by atoms with E-state index in [1.165, 1.54) is 38.5 Å². The molecule has 5 nitrogen and oxygen atoms in total. The summed E-state index contributed by atoms with van der Waals surface area (Å²) in [6.45, 7) is 9.16. The van der Waals surface area contributed by atoms with Crippen LogP contribution in [-0.4, -0.2) is 74.7 Å². The fourth-order valence-corrected chi connectivity index (χ4v) is 3.71. The van der Waals surface area contributed by atoms with Crippen molar-refractivity contribution < 1.29 is 0 Å². The standard InChI is InChI=1S/C18H35N5.HI/c1-4-12-23-13-9-16(10-14-23)21-18(19-2)20-11-15-22(3)17-7-5-6-8-17;/h4,16-17H,1,5-15H2,2-3H3,(H2,19,20,21);1H. The number of hydrogen-bond donors (Lipinski definition) is 2. The molecule has 0 spiro atoms. The van der Waals surface area contributed by atoms with Gasteiger partial charge in [-0.1, -0.05) is 18.9 Å². The molecule has 2 rings (SSSR count). The van der Waals surface area contributed by atoms with Gasteiger partial charge in [-0.05, 0) is 32.7 Å². The van der Waals surface area contributed by atoms with Crippen LogP contribution in [0.15, 0.2) is 17.6 Å². The second-order valence-electron chi connectivity index (χ2n) is 6.93. The summed E-state index contributed by atoms with van der Waals surface area (Å²) in [7, 11) is 4.12. The van der Waals surface area contributed by atoms with Crippen molar-refractivity contribution >= 4 is 29.9 Å². The van der Waals surface area contributed by atoms with E-state index < -0.39 is 0 Å². The van der Waals surface area contributed by atoms with E-state index in [0.717, 1.165) is 44.7 Å². The Morgan fingerprint density at radius 3 is 2.50 bits per heavy atom. The van der Waals surface area contributed by atoms with Crippen LogP contribution in [0.25, 0.3) is 0 Å². The van der Waals surface area contributed by atoms with E-state index in [1.807, 2.05) is 13.1 Å². The molecule has 0 amide bonds. The first-order chi connectivity index (χ1) is 11.2. The van der Waals surface area contributed by atoms with Gasteiger partial charge in [-0.2, -0.15) is 0 Å². The number of guanidine groups is 1. The van der Waals surface area contributed by atoms with Gasteiger partial charge >= 0.3 is 0 Å². The average molecular weight is 449 g/mol. The van der Waals surface area contributed by atoms with Crippen molar-refractivity contribution in [3.63, 3.8) is 0 Å². The number of rotatable bonds is 7. The third-order valence-electron chi connectivity index (χ3n) is 5.24. The quantitative estimate of drug-likeness (QED) is 0.271. The Morgan fingerprint density at radius 1 is 1.25 bits per heavy atom. The average Bonchev–Trinajstić information content (AvgIpc) is 3.10. The van der Waals surface area contributed by atoms with Crippen molar-refractivity contribution in [2.24, 2.45) is 4.99 Å². The van der Waals surface area contributed by atoms with Gasteiger partial charge in [-0.15, -0.1) is 30.6 Å². The van der Waals surface area contributed by atoms with Crippen LogP contribution in [-0.2, 0) is 0 Å². The molecular formula is C18H36IN5. The molecule has 1 saturated heterocycles. The van der Waals surface area contributed by atoms with Crippen molar-refractivity contribution in [2.75, 3.05) is 46.8 Å². The van der Waals surface area contributed by atoms with Gasteiger partial charge in [0.05, 0.1) is 0 Å². The van der Waals surface area contributed by atoms with Gasteiger partial charge in [0.15, 0.2) is 5.96 Å². The van der Waals surface area contributed by atoms with Gasteiger partial charge in [0, 0.05) is 51.9 Å². The minimum absolute atomic E-state index is 0. The lowest BCUT2D eigenvalue weighted by molar-refractivity contribution is 0.224. The van der Waals surface area contributed by atoms with Crippen LogP contribution in [0.4, 0.5) is 0 Å². The molecule has 6 heteroatoms. The molecule has 2 aliphatic rings. The van der Waals surface area contributed by atoms with Crippen LogP contribution in [0.2, 0.25) is 0 Å². The van der Waals surface area contributed by atoms with Crippen LogP contribution in [0.5, 0.6) is 0 Å². The maximum absolute atomic E-state index is 4.38. The number of piperidine rings is 1. The zero-order valence-corrected chi connectivity index (χ0v) is 17.8. The lowest BCUT2D eigenvalue weighted by Gasteiger charge is -2.32. The maximum Gasteiger partial charge on any atom is 0.191 e. The van der Waals surface area contributed by atoms with Crippen LogP contribution in [0.1, 0.15) is 38.5 Å². The topological polar surface area (TPSA) is 42.9 Å². The van der Waals surface area contributed by atoms with Crippen molar-refractivity contribution in [3.05, 3.63) is 12.7 Å². The molecule has 24 heavy (non-hydrogen) atoms. The second kappa shape index (κ2) is 12.1. The Balaban J connectivity index is 0.00000288. The van der Waals surface area contributed by atoms with E-state index >= 15 is 0 Å². The second-order valence-corrected chi connectivity index (χ2v) is 6.93. The summed E-state index contributed by atoms with van der Waals surface area (Å²) in [5.41, 5.74) is 0. The maximum atomic E-state index is 4.38. The highest BCUT2D eigenvalue weighted by Gasteiger charge is 2.20. The minimum atomic E-state index is 0. The number of likely N-dealkylation sites (tertiary alicyclic amines) is 1. The molecule has 0 aromatic rings. The van der Waals surface area contributed by atoms with Crippen molar-refractivity contribution in [3.8, 4) is 0 Å². The number of nitrogens with one attached hydrogen (secondary N) is 2. The van der Waals surface area contributed by atoms with Gasteiger partial charge < -0.3 is 15.5 Å². The molecule has 0 aromatic carbocycles. The summed E-state index contributed by atoms with van der Waals surface area (Å²) in [5, 5.41) is 7.05. The molecule has 0 unspecified atom stereocenters. The zero-order chi connectivity index (χ0) is 16.5. The van der Waals surface area contributed by atoms with E-state index in [4.69, 9.17) is 0 Å². The van der Waals surface area contributed by atoms with E-state index in [2.05, 4.69) is 39.1 Å². The molecule has 0 radical (unpaired) electrons. The third-order valence-corrected chi connectivity index (χ3v) is 5.24. The van der Waals surface area contributed by atoms with Crippen LogP contribution < -0.4 is 10.6 Å². The summed E-state index contributed by atoms with van der Waals surface area (Å²) < 4.78 is 0. The summed E-state index contributed by atoms with van der Waals surface area (Å²) >= 11 is 0. The highest BCUT2D eigenvalue weighted by Crippen LogP contribution is 2.21. The summed E-state index contributed by atoms with van der Waals surface area (Å²) in [6, 6.07) is 1.33. The van der Waals surface area contributed by atoms with Crippen LogP contribution in [0, 0.1) is 0 Å². The Bertz CT molecular complexity index is 374. The molecular weight excluding hydrogens is 413 g/mol. The lowest BCUT2D eigenvalue weighted by Crippen LogP contribution is -2.49. The fraction of sp³-hybridized carbons (Fsp3) is 0.833. The Hall–Kier alpha value is -0.340. The van der Waals surface area contributed by atoms with Gasteiger partial charge in [-0.25, -0.2) is 0 Å². The lowest BCUT2D eigenvalue weighted by atomic mass is 10.1. The molecule has 2 N–H and O–H groups in total. The molecule has 0 atom stereocenters. The molecule has 0 aromatic heterocycles. The summed E-state index contributed by atoms with van der Waals surface area (Å²) in [6.07, 6.45) is 9.88. The van der Waals surface area contributed by atoms with Crippen molar-refractivity contribution in [1.82, 2.24) is 20.4 Å². The molecule has 1 heterocycles. The smallest absolute Gasteiger partial charge is 0.191 e. The van der Waals surface area contributed by atoms with Crippen LogP contribution >= 0.6 is 24.0 Å². The van der Waals surface area contributed by atoms with Crippen molar-refractivity contribution in [1.29, 1.82) is 0 Å². The normalized spacial score (nSPS) is 20.9. The van der Waals surface area contributed by atoms with Crippen LogP contribution in [0.3, 0.4) is 0 Å². The number of hydrogen-bond acceptors (Lipinski definition) is 3. The first-order valence-electron chi connectivity index (χ1n) is 9.23. The number of halogens is 1. The largest absolute Gasteiger partial charge is 0.355 e.